The number of aromatic carboxylic acids is 1. The maximum Gasteiger partial charge on any atom is 0.339 e. The highest BCUT2D eigenvalue weighted by atomic mass is 16.4. The Bertz CT molecular complexity index is 440. The summed E-state index contributed by atoms with van der Waals surface area (Å²) in [5.74, 6) is 0.164. The number of hydrogen-bond acceptors (Lipinski definition) is 4. The molecule has 2 heterocycles. The van der Waals surface area contributed by atoms with E-state index < -0.39 is 11.6 Å². The molecule has 1 aliphatic heterocycles. The second-order valence-electron chi connectivity index (χ2n) is 5.26. The molecule has 18 heavy (non-hydrogen) atoms. The summed E-state index contributed by atoms with van der Waals surface area (Å²) in [6.45, 7) is 5.71. The van der Waals surface area contributed by atoms with Gasteiger partial charge >= 0.3 is 5.97 Å². The van der Waals surface area contributed by atoms with Crippen molar-refractivity contribution in [3.8, 4) is 0 Å². The van der Waals surface area contributed by atoms with E-state index in [0.29, 0.717) is 18.1 Å². The molecule has 0 aliphatic carbocycles. The summed E-state index contributed by atoms with van der Waals surface area (Å²) in [4.78, 5) is 13.1. The number of carbonyl (C=O) groups is 1. The number of aryl methyl sites for hydroxylation is 1. The third-order valence-corrected chi connectivity index (χ3v) is 3.51. The van der Waals surface area contributed by atoms with Crippen molar-refractivity contribution < 1.29 is 19.4 Å². The van der Waals surface area contributed by atoms with E-state index in [-0.39, 0.29) is 5.56 Å². The number of likely N-dealkylation sites (tertiary alicyclic amines) is 1. The predicted octanol–water partition coefficient (Wildman–Crippen LogP) is 1.63. The molecular weight excluding hydrogens is 234 g/mol. The minimum Gasteiger partial charge on any atom is -0.478 e. The maximum atomic E-state index is 10.9. The summed E-state index contributed by atoms with van der Waals surface area (Å²) >= 11 is 0. The van der Waals surface area contributed by atoms with Gasteiger partial charge in [-0.3, -0.25) is 4.90 Å². The van der Waals surface area contributed by atoms with Gasteiger partial charge in [-0.15, -0.1) is 0 Å². The van der Waals surface area contributed by atoms with Gasteiger partial charge in [-0.1, -0.05) is 0 Å². The Labute approximate surface area is 106 Å². The fourth-order valence-corrected chi connectivity index (χ4v) is 2.25. The first kappa shape index (κ1) is 13.1. The molecule has 0 saturated carbocycles. The first-order valence-corrected chi connectivity index (χ1v) is 6.15. The fourth-order valence-electron chi connectivity index (χ4n) is 2.25. The minimum absolute atomic E-state index is 0.231. The van der Waals surface area contributed by atoms with E-state index >= 15 is 0 Å². The highest BCUT2D eigenvalue weighted by Crippen LogP contribution is 2.23. The lowest BCUT2D eigenvalue weighted by Crippen LogP contribution is -2.41. The van der Waals surface area contributed by atoms with E-state index in [1.54, 1.807) is 13.0 Å². The summed E-state index contributed by atoms with van der Waals surface area (Å²) in [5, 5.41) is 18.8. The van der Waals surface area contributed by atoms with Crippen LogP contribution >= 0.6 is 0 Å². The van der Waals surface area contributed by atoms with E-state index in [2.05, 4.69) is 4.90 Å². The largest absolute Gasteiger partial charge is 0.478 e. The molecule has 1 fully saturated rings. The Hall–Kier alpha value is -1.33. The van der Waals surface area contributed by atoms with Crippen LogP contribution in [0.25, 0.3) is 0 Å². The highest BCUT2D eigenvalue weighted by Gasteiger charge is 2.27. The lowest BCUT2D eigenvalue weighted by atomic mass is 9.94. The van der Waals surface area contributed by atoms with Crippen LogP contribution in [0.1, 0.15) is 41.6 Å². The van der Waals surface area contributed by atoms with E-state index in [9.17, 15) is 9.90 Å². The summed E-state index contributed by atoms with van der Waals surface area (Å²) in [7, 11) is 0. The number of carboxylic acids is 1. The van der Waals surface area contributed by atoms with Crippen LogP contribution in [0.2, 0.25) is 0 Å². The van der Waals surface area contributed by atoms with Gasteiger partial charge in [-0.05, 0) is 32.8 Å². The summed E-state index contributed by atoms with van der Waals surface area (Å²) in [5.41, 5.74) is -0.337. The van der Waals surface area contributed by atoms with E-state index in [1.807, 2.05) is 6.92 Å². The molecule has 2 N–H and O–H groups in total. The molecule has 0 spiro atoms. The summed E-state index contributed by atoms with van der Waals surface area (Å²) in [6.07, 6.45) is 1.47. The molecule has 5 heteroatoms. The summed E-state index contributed by atoms with van der Waals surface area (Å²) in [6, 6.07) is 1.59. The normalized spacial score (nSPS) is 19.9. The Morgan fingerprint density at radius 1 is 1.50 bits per heavy atom. The van der Waals surface area contributed by atoms with Crippen molar-refractivity contribution in [1.29, 1.82) is 0 Å². The molecule has 0 bridgehead atoms. The average Bonchev–Trinajstić information content (AvgIpc) is 2.63. The Morgan fingerprint density at radius 3 is 2.61 bits per heavy atom. The van der Waals surface area contributed by atoms with Gasteiger partial charge in [0.05, 0.1) is 12.1 Å². The Kier molecular flexibility index (Phi) is 3.45. The van der Waals surface area contributed by atoms with Crippen LogP contribution in [-0.2, 0) is 6.54 Å². The molecule has 0 atom stereocenters. The zero-order chi connectivity index (χ0) is 13.3. The molecule has 1 saturated heterocycles. The summed E-state index contributed by atoms with van der Waals surface area (Å²) < 4.78 is 5.45. The number of aliphatic hydroxyl groups is 1. The standard InChI is InChI=1S/C13H19NO4/c1-9-11(12(15)16)7-10(18-9)8-14-5-3-13(2,17)4-6-14/h7,17H,3-6,8H2,1-2H3,(H,15,16). The van der Waals surface area contributed by atoms with Crippen molar-refractivity contribution in [2.75, 3.05) is 13.1 Å². The molecule has 0 unspecified atom stereocenters. The number of carboxylic acid groups (broad SMARTS) is 1. The second kappa shape index (κ2) is 4.74. The third kappa shape index (κ3) is 2.91. The van der Waals surface area contributed by atoms with Gasteiger partial charge in [0, 0.05) is 13.1 Å². The first-order chi connectivity index (χ1) is 8.37. The molecule has 0 amide bonds. The van der Waals surface area contributed by atoms with Crippen molar-refractivity contribution in [2.45, 2.75) is 38.8 Å². The van der Waals surface area contributed by atoms with Gasteiger partial charge in [0.2, 0.25) is 0 Å². The van der Waals surface area contributed by atoms with Crippen LogP contribution in [0.3, 0.4) is 0 Å². The van der Waals surface area contributed by atoms with Crippen LogP contribution in [0, 0.1) is 6.92 Å². The van der Waals surface area contributed by atoms with Crippen LogP contribution in [-0.4, -0.2) is 39.8 Å². The second-order valence-corrected chi connectivity index (χ2v) is 5.26. The lowest BCUT2D eigenvalue weighted by Gasteiger charge is -2.35. The van der Waals surface area contributed by atoms with E-state index in [4.69, 9.17) is 9.52 Å². The zero-order valence-corrected chi connectivity index (χ0v) is 10.8. The number of nitrogens with zero attached hydrogens (tertiary/aromatic N) is 1. The molecule has 1 aromatic rings. The maximum absolute atomic E-state index is 10.9. The molecule has 2 rings (SSSR count). The van der Waals surface area contributed by atoms with Gasteiger partial charge in [-0.25, -0.2) is 4.79 Å². The number of piperidine rings is 1. The van der Waals surface area contributed by atoms with Gasteiger partial charge in [0.1, 0.15) is 17.1 Å². The van der Waals surface area contributed by atoms with Crippen molar-refractivity contribution in [2.24, 2.45) is 0 Å². The molecule has 100 valence electrons. The first-order valence-electron chi connectivity index (χ1n) is 6.15. The van der Waals surface area contributed by atoms with Crippen molar-refractivity contribution in [3.05, 3.63) is 23.2 Å². The fraction of sp³-hybridized carbons (Fsp3) is 0.615. The molecule has 1 aliphatic rings. The predicted molar refractivity (Wildman–Crippen MR) is 65.5 cm³/mol. The number of rotatable bonds is 3. The molecule has 0 aromatic carbocycles. The SMILES string of the molecule is Cc1oc(CN2CCC(C)(O)CC2)cc1C(=O)O. The van der Waals surface area contributed by atoms with Crippen LogP contribution in [0.4, 0.5) is 0 Å². The van der Waals surface area contributed by atoms with Crippen molar-refractivity contribution in [1.82, 2.24) is 4.90 Å². The molecule has 1 aromatic heterocycles. The van der Waals surface area contributed by atoms with E-state index in [1.165, 1.54) is 0 Å². The minimum atomic E-state index is -0.955. The Morgan fingerprint density at radius 2 is 2.11 bits per heavy atom. The topological polar surface area (TPSA) is 73.9 Å². The van der Waals surface area contributed by atoms with E-state index in [0.717, 1.165) is 25.9 Å². The highest BCUT2D eigenvalue weighted by molar-refractivity contribution is 5.88. The van der Waals surface area contributed by atoms with Crippen LogP contribution < -0.4 is 0 Å². The third-order valence-electron chi connectivity index (χ3n) is 3.51. The quantitative estimate of drug-likeness (QED) is 0.856. The van der Waals surface area contributed by atoms with Crippen LogP contribution in [0.5, 0.6) is 0 Å². The molecule has 0 radical (unpaired) electrons. The number of furan rings is 1. The van der Waals surface area contributed by atoms with Gasteiger partial charge < -0.3 is 14.6 Å². The average molecular weight is 253 g/mol. The smallest absolute Gasteiger partial charge is 0.339 e. The van der Waals surface area contributed by atoms with Crippen molar-refractivity contribution >= 4 is 5.97 Å². The number of hydrogen-bond donors (Lipinski definition) is 2. The Balaban J connectivity index is 1.98. The monoisotopic (exact) mass is 253 g/mol. The lowest BCUT2D eigenvalue weighted by molar-refractivity contribution is -0.00875. The molecule has 5 nitrogen and oxygen atoms in total. The molecular formula is C13H19NO4. The van der Waals surface area contributed by atoms with Gasteiger partial charge in [0.15, 0.2) is 0 Å². The van der Waals surface area contributed by atoms with Crippen molar-refractivity contribution in [3.63, 3.8) is 0 Å². The van der Waals surface area contributed by atoms with Gasteiger partial charge in [-0.2, -0.15) is 0 Å². The zero-order valence-electron chi connectivity index (χ0n) is 10.8. The van der Waals surface area contributed by atoms with Gasteiger partial charge in [0.25, 0.3) is 0 Å². The van der Waals surface area contributed by atoms with Crippen LogP contribution in [0.15, 0.2) is 10.5 Å².